The van der Waals surface area contributed by atoms with Gasteiger partial charge in [-0.2, -0.15) is 13.2 Å². The number of carbonyl (C=O) groups excluding carboxylic acids is 1. The molecule has 0 bridgehead atoms. The van der Waals surface area contributed by atoms with Gasteiger partial charge in [-0.3, -0.25) is 9.69 Å². The first-order chi connectivity index (χ1) is 16.4. The van der Waals surface area contributed by atoms with E-state index < -0.39 is 11.7 Å². The van der Waals surface area contributed by atoms with Gasteiger partial charge in [-0.15, -0.1) is 12.4 Å². The van der Waals surface area contributed by atoms with Crippen molar-refractivity contribution in [2.45, 2.75) is 37.8 Å². The molecule has 1 aliphatic heterocycles. The van der Waals surface area contributed by atoms with Gasteiger partial charge in [-0.05, 0) is 80.7 Å². The zero-order chi connectivity index (χ0) is 24.0. The van der Waals surface area contributed by atoms with Crippen LogP contribution < -0.4 is 4.90 Å². The first kappa shape index (κ1) is 26.8. The molecule has 1 saturated heterocycles. The number of hydrogen-bond acceptors (Lipinski definition) is 2. The molecule has 0 aliphatic carbocycles. The van der Waals surface area contributed by atoms with E-state index in [0.717, 1.165) is 61.9 Å². The Labute approximate surface area is 211 Å². The van der Waals surface area contributed by atoms with E-state index >= 15 is 0 Å². The number of anilines is 2. The highest BCUT2D eigenvalue weighted by Crippen LogP contribution is 2.34. The monoisotopic (exact) mass is 502 g/mol. The summed E-state index contributed by atoms with van der Waals surface area (Å²) in [5, 5.41) is 0. The van der Waals surface area contributed by atoms with Crippen molar-refractivity contribution in [3.8, 4) is 0 Å². The van der Waals surface area contributed by atoms with Crippen molar-refractivity contribution in [1.29, 1.82) is 0 Å². The van der Waals surface area contributed by atoms with E-state index in [-0.39, 0.29) is 24.2 Å². The second kappa shape index (κ2) is 12.2. The second-order valence-corrected chi connectivity index (χ2v) is 8.74. The molecule has 1 aliphatic rings. The molecule has 0 spiro atoms. The number of likely N-dealkylation sites (tertiary alicyclic amines) is 1. The van der Waals surface area contributed by atoms with Crippen LogP contribution in [0.2, 0.25) is 0 Å². The Kier molecular flexibility index (Phi) is 9.35. The van der Waals surface area contributed by atoms with Gasteiger partial charge in [0.05, 0.1) is 5.56 Å². The van der Waals surface area contributed by atoms with Gasteiger partial charge in [0.1, 0.15) is 0 Å². The normalized spacial score (nSPS) is 14.8. The summed E-state index contributed by atoms with van der Waals surface area (Å²) in [5.41, 5.74) is 1.89. The fraction of sp³-hybridized carbons (Fsp3) is 0.321. The largest absolute Gasteiger partial charge is 0.416 e. The zero-order valence-corrected chi connectivity index (χ0v) is 20.3. The highest BCUT2D eigenvalue weighted by Gasteiger charge is 2.31. The van der Waals surface area contributed by atoms with Gasteiger partial charge >= 0.3 is 6.18 Å². The van der Waals surface area contributed by atoms with Crippen molar-refractivity contribution in [2.24, 2.45) is 0 Å². The maximum absolute atomic E-state index is 13.2. The minimum absolute atomic E-state index is 0. The molecule has 0 unspecified atom stereocenters. The summed E-state index contributed by atoms with van der Waals surface area (Å²) in [7, 11) is 0. The Morgan fingerprint density at radius 2 is 1.43 bits per heavy atom. The smallest absolute Gasteiger partial charge is 0.303 e. The number of para-hydroxylation sites is 2. The van der Waals surface area contributed by atoms with Gasteiger partial charge in [0.2, 0.25) is 5.91 Å². The van der Waals surface area contributed by atoms with Crippen LogP contribution in [0.3, 0.4) is 0 Å². The van der Waals surface area contributed by atoms with Crippen LogP contribution in [0.15, 0.2) is 84.9 Å². The summed E-state index contributed by atoms with van der Waals surface area (Å²) in [4.78, 5) is 17.2. The lowest BCUT2D eigenvalue weighted by molar-refractivity contribution is -0.137. The fourth-order valence-corrected chi connectivity index (χ4v) is 4.62. The van der Waals surface area contributed by atoms with Gasteiger partial charge in [0, 0.05) is 17.8 Å². The zero-order valence-electron chi connectivity index (χ0n) is 19.5. The van der Waals surface area contributed by atoms with Crippen LogP contribution in [0.25, 0.3) is 0 Å². The molecule has 0 atom stereocenters. The number of hydrogen-bond donors (Lipinski definition) is 0. The van der Waals surface area contributed by atoms with Crippen LogP contribution in [0.1, 0.15) is 42.7 Å². The molecule has 0 aromatic heterocycles. The minimum Gasteiger partial charge on any atom is -0.303 e. The molecule has 3 nitrogen and oxygen atoms in total. The second-order valence-electron chi connectivity index (χ2n) is 8.74. The van der Waals surface area contributed by atoms with Crippen molar-refractivity contribution >= 4 is 29.7 Å². The number of halogens is 4. The Morgan fingerprint density at radius 1 is 0.857 bits per heavy atom. The molecule has 1 fully saturated rings. The molecule has 1 heterocycles. The van der Waals surface area contributed by atoms with E-state index in [2.05, 4.69) is 4.90 Å². The van der Waals surface area contributed by atoms with Crippen molar-refractivity contribution < 1.29 is 18.0 Å². The van der Waals surface area contributed by atoms with Crippen LogP contribution >= 0.6 is 12.4 Å². The predicted octanol–water partition coefficient (Wildman–Crippen LogP) is 7.45. The Morgan fingerprint density at radius 3 is 1.97 bits per heavy atom. The summed E-state index contributed by atoms with van der Waals surface area (Å²) < 4.78 is 39.1. The van der Waals surface area contributed by atoms with Crippen molar-refractivity contribution in [2.75, 3.05) is 24.5 Å². The number of piperidine rings is 1. The van der Waals surface area contributed by atoms with Crippen molar-refractivity contribution in [3.05, 3.63) is 96.1 Å². The third-order valence-electron chi connectivity index (χ3n) is 6.42. The number of amides is 1. The topological polar surface area (TPSA) is 23.6 Å². The highest BCUT2D eigenvalue weighted by atomic mass is 35.5. The Bertz CT molecular complexity index is 1030. The number of nitrogens with zero attached hydrogens (tertiary/aromatic N) is 2. The molecule has 0 saturated carbocycles. The minimum atomic E-state index is -4.31. The molecule has 3 aromatic rings. The third kappa shape index (κ3) is 7.09. The molecule has 4 rings (SSSR count). The summed E-state index contributed by atoms with van der Waals surface area (Å²) in [6, 6.07) is 25.0. The highest BCUT2D eigenvalue weighted by molar-refractivity contribution is 6.00. The van der Waals surface area contributed by atoms with Crippen molar-refractivity contribution in [3.63, 3.8) is 0 Å². The fourth-order valence-electron chi connectivity index (χ4n) is 4.62. The quantitative estimate of drug-likeness (QED) is 0.335. The number of rotatable bonds is 7. The molecule has 186 valence electrons. The predicted molar refractivity (Wildman–Crippen MR) is 136 cm³/mol. The lowest BCUT2D eigenvalue weighted by atomic mass is 9.88. The van der Waals surface area contributed by atoms with Crippen LogP contribution in [-0.4, -0.2) is 30.4 Å². The van der Waals surface area contributed by atoms with E-state index in [9.17, 15) is 18.0 Å². The van der Waals surface area contributed by atoms with E-state index in [1.165, 1.54) is 12.1 Å². The molecule has 0 radical (unpaired) electrons. The average molecular weight is 503 g/mol. The number of alkyl halides is 3. The molecular formula is C28H30ClF3N2O. The summed E-state index contributed by atoms with van der Waals surface area (Å²) in [6.07, 6.45) is -1.48. The Hall–Kier alpha value is -2.83. The maximum atomic E-state index is 13.2. The van der Waals surface area contributed by atoms with Crippen LogP contribution in [-0.2, 0) is 11.0 Å². The van der Waals surface area contributed by atoms with Crippen molar-refractivity contribution in [1.82, 2.24) is 4.90 Å². The first-order valence-corrected chi connectivity index (χ1v) is 11.7. The summed E-state index contributed by atoms with van der Waals surface area (Å²) in [6.45, 7) is 2.46. The summed E-state index contributed by atoms with van der Waals surface area (Å²) >= 11 is 0. The van der Waals surface area contributed by atoms with Gasteiger partial charge in [0.15, 0.2) is 0 Å². The van der Waals surface area contributed by atoms with Crippen LogP contribution in [0.5, 0.6) is 0 Å². The van der Waals surface area contributed by atoms with E-state index in [1.54, 1.807) is 11.0 Å². The molecular weight excluding hydrogens is 473 g/mol. The third-order valence-corrected chi connectivity index (χ3v) is 6.42. The number of carbonyl (C=O) groups is 1. The van der Waals surface area contributed by atoms with Crippen LogP contribution in [0, 0.1) is 0 Å². The molecule has 1 amide bonds. The lowest BCUT2D eigenvalue weighted by Crippen LogP contribution is -2.34. The van der Waals surface area contributed by atoms with Crippen LogP contribution in [0.4, 0.5) is 24.5 Å². The molecule has 0 N–H and O–H groups in total. The molecule has 3 aromatic carbocycles. The van der Waals surface area contributed by atoms with Gasteiger partial charge in [0.25, 0.3) is 0 Å². The summed E-state index contributed by atoms with van der Waals surface area (Å²) in [5.74, 6) is 0.197. The van der Waals surface area contributed by atoms with Gasteiger partial charge in [-0.1, -0.05) is 54.6 Å². The van der Waals surface area contributed by atoms with E-state index in [4.69, 9.17) is 0 Å². The molecule has 35 heavy (non-hydrogen) atoms. The standard InChI is InChI=1S/C28H29F3N2O.ClH/c29-28(30,31)24-10-7-9-23(21-24)22-16-19-32(20-17-22)18-8-15-27(34)33(25-11-3-1-4-12-25)26-13-5-2-6-14-26;/h1-7,9-14,21-22H,8,15-20H2;1H. The number of benzene rings is 3. The first-order valence-electron chi connectivity index (χ1n) is 11.7. The SMILES string of the molecule is Cl.O=C(CCCN1CCC(c2cccc(C(F)(F)F)c2)CC1)N(c1ccccc1)c1ccccc1. The molecule has 7 heteroatoms. The maximum Gasteiger partial charge on any atom is 0.416 e. The van der Waals surface area contributed by atoms with E-state index in [0.29, 0.717) is 6.42 Å². The van der Waals surface area contributed by atoms with Gasteiger partial charge in [-0.25, -0.2) is 0 Å². The van der Waals surface area contributed by atoms with Gasteiger partial charge < -0.3 is 4.90 Å². The average Bonchev–Trinajstić information content (AvgIpc) is 2.86. The Balaban J connectivity index is 0.00000342. The van der Waals surface area contributed by atoms with E-state index in [1.807, 2.05) is 60.7 Å². The lowest BCUT2D eigenvalue weighted by Gasteiger charge is -2.32.